The van der Waals surface area contributed by atoms with Crippen LogP contribution in [0.15, 0.2) is 53.3 Å². The number of carbonyl (C=O) groups is 1. The van der Waals surface area contributed by atoms with Crippen molar-refractivity contribution in [1.29, 1.82) is 0 Å². The molecule has 0 radical (unpaired) electrons. The highest BCUT2D eigenvalue weighted by molar-refractivity contribution is 7.07. The number of hydrogen-bond acceptors (Lipinski definition) is 5. The van der Waals surface area contributed by atoms with Crippen LogP contribution < -0.4 is 19.7 Å². The van der Waals surface area contributed by atoms with Gasteiger partial charge in [0, 0.05) is 35.4 Å². The van der Waals surface area contributed by atoms with Crippen molar-refractivity contribution >= 4 is 46.6 Å². The van der Waals surface area contributed by atoms with Gasteiger partial charge < -0.3 is 14.6 Å². The number of hydrogen-bond donors (Lipinski definition) is 1. The maximum Gasteiger partial charge on any atom is 0.266 e. The Morgan fingerprint density at radius 1 is 1.07 bits per heavy atom. The van der Waals surface area contributed by atoms with Crippen LogP contribution in [0.2, 0.25) is 5.02 Å². The number of benzene rings is 2. The zero-order chi connectivity index (χ0) is 20.2. The van der Waals surface area contributed by atoms with Gasteiger partial charge in [-0.1, -0.05) is 23.7 Å². The highest BCUT2D eigenvalue weighted by Gasteiger charge is 2.10. The lowest BCUT2D eigenvalue weighted by molar-refractivity contribution is 0.106. The van der Waals surface area contributed by atoms with Crippen LogP contribution in [-0.4, -0.2) is 37.1 Å². The lowest BCUT2D eigenvalue weighted by atomic mass is 10.1. The molecule has 0 atom stereocenters. The Hall–Kier alpha value is -2.67. The van der Waals surface area contributed by atoms with E-state index in [0.717, 1.165) is 37.6 Å². The molecule has 3 aromatic rings. The van der Waals surface area contributed by atoms with Gasteiger partial charge in [-0.05, 0) is 48.0 Å². The van der Waals surface area contributed by atoms with Crippen molar-refractivity contribution < 1.29 is 9.53 Å². The minimum absolute atomic E-state index is 0.180. The molecule has 0 saturated carbocycles. The van der Waals surface area contributed by atoms with Gasteiger partial charge in [0.05, 0.1) is 22.4 Å². The summed E-state index contributed by atoms with van der Waals surface area (Å²) in [6, 6.07) is 14.7. The lowest BCUT2D eigenvalue weighted by Crippen LogP contribution is -2.36. The number of morpholine rings is 1. The zero-order valence-corrected chi connectivity index (χ0v) is 17.1. The summed E-state index contributed by atoms with van der Waals surface area (Å²) in [6.45, 7) is 3.25. The Morgan fingerprint density at radius 2 is 1.76 bits per heavy atom. The number of ether oxygens (including phenoxy) is 1. The summed E-state index contributed by atoms with van der Waals surface area (Å²) in [5, 5.41) is 0.572. The molecule has 2 heterocycles. The monoisotopic (exact) mass is 426 g/mol. The fourth-order valence-electron chi connectivity index (χ4n) is 3.10. The number of rotatable bonds is 4. The summed E-state index contributed by atoms with van der Waals surface area (Å²) >= 11 is 7.11. The van der Waals surface area contributed by atoms with Gasteiger partial charge in [0.25, 0.3) is 5.56 Å². The first-order valence-electron chi connectivity index (χ1n) is 9.24. The molecule has 29 heavy (non-hydrogen) atoms. The molecule has 7 heteroatoms. The van der Waals surface area contributed by atoms with Crippen LogP contribution in [-0.2, 0) is 4.74 Å². The van der Waals surface area contributed by atoms with E-state index in [1.807, 2.05) is 18.2 Å². The van der Waals surface area contributed by atoms with Gasteiger partial charge in [0.1, 0.15) is 0 Å². The molecule has 4 rings (SSSR count). The summed E-state index contributed by atoms with van der Waals surface area (Å²) in [5.74, 6) is -0.180. The van der Waals surface area contributed by atoms with Gasteiger partial charge in [0.2, 0.25) is 0 Å². The van der Waals surface area contributed by atoms with Crippen molar-refractivity contribution in [2.75, 3.05) is 31.2 Å². The molecule has 1 N–H and O–H groups in total. The summed E-state index contributed by atoms with van der Waals surface area (Å²) < 4.78 is 6.46. The number of H-pyrrole nitrogens is 1. The topological polar surface area (TPSA) is 62.4 Å². The zero-order valence-electron chi connectivity index (χ0n) is 15.6. The fraction of sp³-hybridized carbons (Fsp3) is 0.182. The Labute approximate surface area is 176 Å². The van der Waals surface area contributed by atoms with E-state index in [-0.39, 0.29) is 11.3 Å². The average molecular weight is 427 g/mol. The van der Waals surface area contributed by atoms with Gasteiger partial charge in [-0.15, -0.1) is 11.3 Å². The summed E-state index contributed by atoms with van der Waals surface area (Å²) in [6.07, 6.45) is 3.27. The quantitative estimate of drug-likeness (QED) is 0.651. The van der Waals surface area contributed by atoms with Crippen LogP contribution >= 0.6 is 22.9 Å². The maximum absolute atomic E-state index is 12.4. The summed E-state index contributed by atoms with van der Waals surface area (Å²) in [7, 11) is 0. The van der Waals surface area contributed by atoms with E-state index in [4.69, 9.17) is 16.3 Å². The van der Waals surface area contributed by atoms with Crippen LogP contribution in [0.5, 0.6) is 0 Å². The highest BCUT2D eigenvalue weighted by Crippen LogP contribution is 2.17. The van der Waals surface area contributed by atoms with E-state index >= 15 is 0 Å². The number of halogens is 1. The predicted molar refractivity (Wildman–Crippen MR) is 117 cm³/mol. The number of nitrogens with one attached hydrogen (secondary N) is 1. The molecule has 0 aliphatic carbocycles. The van der Waals surface area contributed by atoms with Crippen molar-refractivity contribution in [2.24, 2.45) is 0 Å². The number of thiazole rings is 1. The van der Waals surface area contributed by atoms with Gasteiger partial charge >= 0.3 is 0 Å². The van der Waals surface area contributed by atoms with Crippen molar-refractivity contribution in [3.8, 4) is 0 Å². The molecule has 0 unspecified atom stereocenters. The van der Waals surface area contributed by atoms with Crippen molar-refractivity contribution in [3.05, 3.63) is 84.2 Å². The first-order chi connectivity index (χ1) is 14.1. The number of anilines is 1. The van der Waals surface area contributed by atoms with Crippen LogP contribution in [0.3, 0.4) is 0 Å². The molecule has 0 amide bonds. The highest BCUT2D eigenvalue weighted by atomic mass is 35.5. The van der Waals surface area contributed by atoms with Crippen LogP contribution in [0.25, 0.3) is 12.2 Å². The van der Waals surface area contributed by atoms with E-state index < -0.39 is 0 Å². The standard InChI is InChI=1S/C22H19ClN2O3S/c23-17-5-3-16(4-6-17)19(26)14-21-24-22(27)20(29-21)13-15-1-7-18(8-2-15)25-9-11-28-12-10-25/h1-8,13-14H,9-12H2,(H,24,27). The molecule has 148 valence electrons. The number of Topliss-reactive ketones (excluding diaryl/α,β-unsaturated/α-hetero) is 1. The molecule has 0 bridgehead atoms. The molecule has 0 spiro atoms. The maximum atomic E-state index is 12.4. The minimum atomic E-state index is -0.206. The number of carbonyl (C=O) groups excluding carboxylic acids is 1. The van der Waals surface area contributed by atoms with Crippen molar-refractivity contribution in [3.63, 3.8) is 0 Å². The second-order valence-electron chi connectivity index (χ2n) is 6.64. The molecule has 2 aromatic carbocycles. The summed E-state index contributed by atoms with van der Waals surface area (Å²) in [5.41, 5.74) is 2.40. The molecular formula is C22H19ClN2O3S. The van der Waals surface area contributed by atoms with Crippen LogP contribution in [0.4, 0.5) is 5.69 Å². The number of nitrogens with zero attached hydrogens (tertiary/aromatic N) is 1. The van der Waals surface area contributed by atoms with E-state index in [0.29, 0.717) is 19.8 Å². The van der Waals surface area contributed by atoms with Gasteiger partial charge in [-0.2, -0.15) is 0 Å². The number of aromatic amines is 1. The average Bonchev–Trinajstić information content (AvgIpc) is 3.08. The van der Waals surface area contributed by atoms with E-state index in [9.17, 15) is 9.59 Å². The Kier molecular flexibility index (Phi) is 5.94. The molecule has 1 saturated heterocycles. The van der Waals surface area contributed by atoms with Crippen molar-refractivity contribution in [2.45, 2.75) is 0 Å². The number of ketones is 1. The smallest absolute Gasteiger partial charge is 0.266 e. The normalized spacial score (nSPS) is 15.7. The fourth-order valence-corrected chi connectivity index (χ4v) is 4.11. The molecule has 5 nitrogen and oxygen atoms in total. The lowest BCUT2D eigenvalue weighted by Gasteiger charge is -2.28. The summed E-state index contributed by atoms with van der Waals surface area (Å²) in [4.78, 5) is 29.7. The van der Waals surface area contributed by atoms with E-state index in [1.165, 1.54) is 17.4 Å². The van der Waals surface area contributed by atoms with Gasteiger partial charge in [0.15, 0.2) is 5.78 Å². The second-order valence-corrected chi connectivity index (χ2v) is 8.16. The minimum Gasteiger partial charge on any atom is -0.378 e. The first kappa shape index (κ1) is 19.6. The largest absolute Gasteiger partial charge is 0.378 e. The van der Waals surface area contributed by atoms with E-state index in [2.05, 4.69) is 22.0 Å². The Morgan fingerprint density at radius 3 is 2.45 bits per heavy atom. The Balaban J connectivity index is 1.57. The third-order valence-electron chi connectivity index (χ3n) is 4.64. The molecular weight excluding hydrogens is 408 g/mol. The second kappa shape index (κ2) is 8.78. The molecule has 1 aliphatic rings. The third kappa shape index (κ3) is 4.85. The third-order valence-corrected chi connectivity index (χ3v) is 5.85. The van der Waals surface area contributed by atoms with Crippen LogP contribution in [0.1, 0.15) is 15.9 Å². The van der Waals surface area contributed by atoms with Gasteiger partial charge in [-0.25, -0.2) is 0 Å². The van der Waals surface area contributed by atoms with Gasteiger partial charge in [-0.3, -0.25) is 9.59 Å². The molecule has 1 fully saturated rings. The van der Waals surface area contributed by atoms with E-state index in [1.54, 1.807) is 24.3 Å². The van der Waals surface area contributed by atoms with Crippen LogP contribution in [0, 0.1) is 0 Å². The predicted octanol–water partition coefficient (Wildman–Crippen LogP) is 2.42. The first-order valence-corrected chi connectivity index (χ1v) is 10.4. The Bertz CT molecular complexity index is 1170. The molecule has 1 aromatic heterocycles. The number of aromatic nitrogens is 1. The molecule has 1 aliphatic heterocycles. The SMILES string of the molecule is O=C(C=c1[nH]c(=O)c(=Cc2ccc(N3CCOCC3)cc2)s1)c1ccc(Cl)cc1. The van der Waals surface area contributed by atoms with Crippen molar-refractivity contribution in [1.82, 2.24) is 4.98 Å².